The highest BCUT2D eigenvalue weighted by molar-refractivity contribution is 14.1. The van der Waals surface area contributed by atoms with Crippen LogP contribution in [0.25, 0.3) is 5.00 Å². The summed E-state index contributed by atoms with van der Waals surface area (Å²) in [5.74, 6) is 0.732. The zero-order valence-corrected chi connectivity index (χ0v) is 17.5. The molecule has 0 saturated heterocycles. The first-order valence-corrected chi connectivity index (χ1v) is 9.95. The van der Waals surface area contributed by atoms with Crippen molar-refractivity contribution in [3.05, 3.63) is 61.0 Å². The SMILES string of the molecule is CC(=O)OC1N=C(c2ccccc2Cl)c2cc(I)sc2-n2c(C)nnc21. The fraction of sp³-hybridized carbons (Fsp3) is 0.176. The number of ether oxygens (including phenoxy) is 1. The number of carbonyl (C=O) groups is 1. The van der Waals surface area contributed by atoms with Gasteiger partial charge in [-0.05, 0) is 41.6 Å². The van der Waals surface area contributed by atoms with Crippen molar-refractivity contribution in [1.82, 2.24) is 14.8 Å². The van der Waals surface area contributed by atoms with Crippen molar-refractivity contribution in [2.24, 2.45) is 4.99 Å². The number of nitrogens with zero attached hydrogens (tertiary/aromatic N) is 4. The molecule has 6 nitrogen and oxygen atoms in total. The van der Waals surface area contributed by atoms with Gasteiger partial charge in [-0.25, -0.2) is 4.99 Å². The van der Waals surface area contributed by atoms with Gasteiger partial charge in [0, 0.05) is 23.1 Å². The Morgan fingerprint density at radius 1 is 1.31 bits per heavy atom. The number of esters is 1. The molecule has 1 aromatic carbocycles. The van der Waals surface area contributed by atoms with Gasteiger partial charge < -0.3 is 4.74 Å². The second kappa shape index (κ2) is 6.75. The highest BCUT2D eigenvalue weighted by atomic mass is 127. The predicted molar refractivity (Wildman–Crippen MR) is 108 cm³/mol. The lowest BCUT2D eigenvalue weighted by atomic mass is 10.0. The van der Waals surface area contributed by atoms with Crippen LogP contribution in [0.3, 0.4) is 0 Å². The van der Waals surface area contributed by atoms with E-state index in [1.165, 1.54) is 6.92 Å². The molecule has 1 atom stereocenters. The average Bonchev–Trinajstić information content (AvgIpc) is 3.11. The minimum absolute atomic E-state index is 0.440. The van der Waals surface area contributed by atoms with Gasteiger partial charge in [-0.1, -0.05) is 29.8 Å². The number of aliphatic imine (C=N–C) groups is 1. The summed E-state index contributed by atoms with van der Waals surface area (Å²) in [5.41, 5.74) is 2.35. The highest BCUT2D eigenvalue weighted by Crippen LogP contribution is 2.37. The Labute approximate surface area is 172 Å². The predicted octanol–water partition coefficient (Wildman–Crippen LogP) is 4.31. The van der Waals surface area contributed by atoms with Gasteiger partial charge in [0.25, 0.3) is 6.23 Å². The zero-order chi connectivity index (χ0) is 18.4. The summed E-state index contributed by atoms with van der Waals surface area (Å²) in [6.45, 7) is 3.21. The molecule has 0 amide bonds. The minimum Gasteiger partial charge on any atom is -0.432 e. The molecule has 4 rings (SSSR count). The quantitative estimate of drug-likeness (QED) is 0.390. The van der Waals surface area contributed by atoms with Gasteiger partial charge in [0.1, 0.15) is 10.8 Å². The van der Waals surface area contributed by atoms with Gasteiger partial charge in [-0.3, -0.25) is 9.36 Å². The zero-order valence-electron chi connectivity index (χ0n) is 13.7. The number of fused-ring (bicyclic) bond motifs is 3. The Morgan fingerprint density at radius 2 is 2.08 bits per heavy atom. The number of hydrogen-bond acceptors (Lipinski definition) is 6. The first-order valence-electron chi connectivity index (χ1n) is 7.67. The molecule has 9 heteroatoms. The average molecular weight is 499 g/mol. The molecule has 0 fully saturated rings. The smallest absolute Gasteiger partial charge is 0.304 e. The Morgan fingerprint density at radius 3 is 2.81 bits per heavy atom. The van der Waals surface area contributed by atoms with E-state index in [-0.39, 0.29) is 0 Å². The fourth-order valence-electron chi connectivity index (χ4n) is 2.83. The van der Waals surface area contributed by atoms with Crippen molar-refractivity contribution in [2.75, 3.05) is 0 Å². The minimum atomic E-state index is -0.891. The van der Waals surface area contributed by atoms with Gasteiger partial charge >= 0.3 is 5.97 Å². The van der Waals surface area contributed by atoms with Crippen LogP contribution >= 0.6 is 45.5 Å². The number of aryl methyl sites for hydroxylation is 1. The summed E-state index contributed by atoms with van der Waals surface area (Å²) >= 11 is 10.3. The van der Waals surface area contributed by atoms with Crippen LogP contribution < -0.4 is 0 Å². The lowest BCUT2D eigenvalue weighted by Crippen LogP contribution is -2.12. The Bertz CT molecular complexity index is 1060. The third kappa shape index (κ3) is 2.95. The molecule has 2 aromatic heterocycles. The first-order chi connectivity index (χ1) is 12.5. The van der Waals surface area contributed by atoms with E-state index in [1.807, 2.05) is 41.8 Å². The van der Waals surface area contributed by atoms with E-state index in [0.717, 1.165) is 19.0 Å². The maximum atomic E-state index is 11.6. The van der Waals surface area contributed by atoms with Crippen molar-refractivity contribution >= 4 is 57.2 Å². The number of hydrogen-bond donors (Lipinski definition) is 0. The number of halogens is 2. The van der Waals surface area contributed by atoms with Crippen molar-refractivity contribution in [1.29, 1.82) is 0 Å². The van der Waals surface area contributed by atoms with Crippen LogP contribution in [0.4, 0.5) is 0 Å². The normalized spacial score (nSPS) is 15.7. The van der Waals surface area contributed by atoms with Crippen molar-refractivity contribution in [2.45, 2.75) is 20.1 Å². The summed E-state index contributed by atoms with van der Waals surface area (Å²) < 4.78 is 8.43. The molecule has 0 N–H and O–H groups in total. The molecule has 26 heavy (non-hydrogen) atoms. The molecule has 1 unspecified atom stereocenters. The molecule has 3 aromatic rings. The van der Waals surface area contributed by atoms with Gasteiger partial charge in [0.2, 0.25) is 5.82 Å². The molecule has 132 valence electrons. The van der Waals surface area contributed by atoms with Crippen LogP contribution in [0.5, 0.6) is 0 Å². The lowest BCUT2D eigenvalue weighted by molar-refractivity contribution is -0.146. The topological polar surface area (TPSA) is 69.4 Å². The molecule has 0 aliphatic carbocycles. The Kier molecular flexibility index (Phi) is 4.57. The van der Waals surface area contributed by atoms with E-state index in [2.05, 4.69) is 32.8 Å². The number of thiophene rings is 1. The van der Waals surface area contributed by atoms with Crippen LogP contribution in [0.15, 0.2) is 35.3 Å². The van der Waals surface area contributed by atoms with Crippen LogP contribution in [0.2, 0.25) is 5.02 Å². The lowest BCUT2D eigenvalue weighted by Gasteiger charge is -2.12. The summed E-state index contributed by atoms with van der Waals surface area (Å²) in [6.07, 6.45) is -0.891. The van der Waals surface area contributed by atoms with Gasteiger partial charge in [0.05, 0.1) is 8.60 Å². The third-order valence-electron chi connectivity index (χ3n) is 3.86. The molecule has 3 heterocycles. The summed E-state index contributed by atoms with van der Waals surface area (Å²) in [4.78, 5) is 16.4. The van der Waals surface area contributed by atoms with E-state index in [0.29, 0.717) is 22.4 Å². The molecule has 0 radical (unpaired) electrons. The largest absolute Gasteiger partial charge is 0.432 e. The standard InChI is InChI=1S/C17H12ClIN4O2S/c1-8-21-22-15-16(25-9(2)24)20-14(10-5-3-4-6-12(10)18)11-7-13(19)26-17(11)23(8)15/h3-7,16H,1-2H3. The first kappa shape index (κ1) is 17.6. The van der Waals surface area contributed by atoms with Crippen molar-refractivity contribution in [3.63, 3.8) is 0 Å². The summed E-state index contributed by atoms with van der Waals surface area (Å²) in [6, 6.07) is 9.52. The molecule has 1 aliphatic rings. The molecule has 0 spiro atoms. The van der Waals surface area contributed by atoms with E-state index < -0.39 is 12.2 Å². The van der Waals surface area contributed by atoms with Crippen LogP contribution in [0.1, 0.15) is 35.9 Å². The molecular weight excluding hydrogens is 487 g/mol. The molecule has 1 aliphatic heterocycles. The number of benzene rings is 1. The van der Waals surface area contributed by atoms with Gasteiger partial charge in [-0.15, -0.1) is 21.5 Å². The van der Waals surface area contributed by atoms with Crippen molar-refractivity contribution in [3.8, 4) is 5.00 Å². The van der Waals surface area contributed by atoms with E-state index in [9.17, 15) is 4.79 Å². The second-order valence-corrected chi connectivity index (χ2v) is 8.96. The maximum absolute atomic E-state index is 11.6. The molecular formula is C17H12ClIN4O2S. The number of rotatable bonds is 2. The molecule has 0 bridgehead atoms. The maximum Gasteiger partial charge on any atom is 0.304 e. The van der Waals surface area contributed by atoms with Crippen LogP contribution in [-0.2, 0) is 9.53 Å². The van der Waals surface area contributed by atoms with Crippen LogP contribution in [0, 0.1) is 9.81 Å². The summed E-state index contributed by atoms with van der Waals surface area (Å²) in [5, 5.41) is 9.87. The van der Waals surface area contributed by atoms with Gasteiger partial charge in [-0.2, -0.15) is 0 Å². The van der Waals surface area contributed by atoms with Crippen LogP contribution in [-0.4, -0.2) is 26.4 Å². The second-order valence-electron chi connectivity index (χ2n) is 5.63. The number of aromatic nitrogens is 3. The monoisotopic (exact) mass is 498 g/mol. The molecule has 0 saturated carbocycles. The third-order valence-corrected chi connectivity index (χ3v) is 6.07. The van der Waals surface area contributed by atoms with E-state index >= 15 is 0 Å². The van der Waals surface area contributed by atoms with Crippen molar-refractivity contribution < 1.29 is 9.53 Å². The fourth-order valence-corrected chi connectivity index (χ4v) is 4.93. The Hall–Kier alpha value is -1.78. The number of carbonyl (C=O) groups excluding carboxylic acids is 1. The van der Waals surface area contributed by atoms with E-state index in [1.54, 1.807) is 11.3 Å². The van der Waals surface area contributed by atoms with E-state index in [4.69, 9.17) is 21.3 Å². The van der Waals surface area contributed by atoms with Gasteiger partial charge in [0.15, 0.2) is 0 Å². The summed E-state index contributed by atoms with van der Waals surface area (Å²) in [7, 11) is 0. The Balaban J connectivity index is 2.03. The highest BCUT2D eigenvalue weighted by Gasteiger charge is 2.31.